The van der Waals surface area contributed by atoms with E-state index in [1.54, 1.807) is 24.0 Å². The summed E-state index contributed by atoms with van der Waals surface area (Å²) in [6.07, 6.45) is 5.01. The molecule has 0 aliphatic carbocycles. The van der Waals surface area contributed by atoms with Crippen molar-refractivity contribution in [2.24, 2.45) is 5.92 Å². The minimum absolute atomic E-state index is 0.0483. The van der Waals surface area contributed by atoms with Crippen LogP contribution in [0.1, 0.15) is 25.3 Å². The lowest BCUT2D eigenvalue weighted by Crippen LogP contribution is -2.42. The van der Waals surface area contributed by atoms with E-state index >= 15 is 0 Å². The van der Waals surface area contributed by atoms with Crippen LogP contribution in [0.4, 0.5) is 0 Å². The van der Waals surface area contributed by atoms with Gasteiger partial charge < -0.3 is 9.64 Å². The van der Waals surface area contributed by atoms with Crippen molar-refractivity contribution in [1.29, 1.82) is 0 Å². The molecule has 1 atom stereocenters. The highest BCUT2D eigenvalue weighted by molar-refractivity contribution is 5.92. The van der Waals surface area contributed by atoms with Gasteiger partial charge in [0.1, 0.15) is 0 Å². The van der Waals surface area contributed by atoms with Crippen LogP contribution in [0.15, 0.2) is 36.4 Å². The summed E-state index contributed by atoms with van der Waals surface area (Å²) in [4.78, 5) is 25.7. The fraction of sp³-hybridized carbons (Fsp3) is 0.412. The molecule has 0 saturated carbocycles. The molecule has 0 spiro atoms. The molecule has 4 nitrogen and oxygen atoms in total. The molecule has 1 heterocycles. The molecule has 0 aromatic heterocycles. The summed E-state index contributed by atoms with van der Waals surface area (Å²) in [5, 5.41) is 0. The Balaban J connectivity index is 1.93. The molecule has 1 saturated heterocycles. The Hall–Kier alpha value is -2.10. The monoisotopic (exact) mass is 287 g/mol. The maximum atomic E-state index is 12.2. The molecule has 0 N–H and O–H groups in total. The second-order valence-electron chi connectivity index (χ2n) is 5.12. The second-order valence-corrected chi connectivity index (χ2v) is 5.12. The Kier molecular flexibility index (Phi) is 5.55. The molecule has 21 heavy (non-hydrogen) atoms. The first kappa shape index (κ1) is 15.3. The number of carbonyl (C=O) groups is 2. The predicted octanol–water partition coefficient (Wildman–Crippen LogP) is 2.50. The normalized spacial score (nSPS) is 18.7. The van der Waals surface area contributed by atoms with Gasteiger partial charge in [0, 0.05) is 19.2 Å². The van der Waals surface area contributed by atoms with Crippen LogP contribution in [0.3, 0.4) is 0 Å². The molecular weight excluding hydrogens is 266 g/mol. The van der Waals surface area contributed by atoms with Crippen molar-refractivity contribution in [2.75, 3.05) is 19.7 Å². The van der Waals surface area contributed by atoms with Crippen LogP contribution in [-0.4, -0.2) is 36.5 Å². The Morgan fingerprint density at radius 2 is 2.10 bits per heavy atom. The van der Waals surface area contributed by atoms with E-state index in [4.69, 9.17) is 4.74 Å². The van der Waals surface area contributed by atoms with E-state index in [2.05, 4.69) is 0 Å². The van der Waals surface area contributed by atoms with Crippen molar-refractivity contribution in [3.63, 3.8) is 0 Å². The Labute approximate surface area is 125 Å². The fourth-order valence-electron chi connectivity index (χ4n) is 2.47. The second kappa shape index (κ2) is 7.62. The van der Waals surface area contributed by atoms with Gasteiger partial charge in [-0.15, -0.1) is 0 Å². The van der Waals surface area contributed by atoms with Gasteiger partial charge in [-0.25, -0.2) is 0 Å². The summed E-state index contributed by atoms with van der Waals surface area (Å²) >= 11 is 0. The first-order valence-corrected chi connectivity index (χ1v) is 7.39. The molecule has 0 bridgehead atoms. The molecule has 0 radical (unpaired) electrons. The molecule has 1 aliphatic rings. The van der Waals surface area contributed by atoms with Gasteiger partial charge >= 0.3 is 5.97 Å². The average Bonchev–Trinajstić information content (AvgIpc) is 2.54. The molecule has 112 valence electrons. The lowest BCUT2D eigenvalue weighted by atomic mass is 9.98. The van der Waals surface area contributed by atoms with Crippen LogP contribution in [0.5, 0.6) is 0 Å². The zero-order chi connectivity index (χ0) is 15.1. The van der Waals surface area contributed by atoms with Crippen molar-refractivity contribution in [3.8, 4) is 0 Å². The molecular formula is C17H21NO3. The number of rotatable bonds is 4. The number of piperidine rings is 1. The lowest BCUT2D eigenvalue weighted by molar-refractivity contribution is -0.150. The summed E-state index contributed by atoms with van der Waals surface area (Å²) in [5.74, 6) is -0.428. The van der Waals surface area contributed by atoms with E-state index in [-0.39, 0.29) is 17.8 Å². The van der Waals surface area contributed by atoms with E-state index in [0.717, 1.165) is 18.4 Å². The van der Waals surface area contributed by atoms with Crippen LogP contribution >= 0.6 is 0 Å². The van der Waals surface area contributed by atoms with Gasteiger partial charge in [-0.1, -0.05) is 30.3 Å². The number of benzene rings is 1. The maximum Gasteiger partial charge on any atom is 0.310 e. The van der Waals surface area contributed by atoms with Crippen LogP contribution in [0.25, 0.3) is 6.08 Å². The Morgan fingerprint density at radius 1 is 1.33 bits per heavy atom. The number of ether oxygens (including phenoxy) is 1. The number of likely N-dealkylation sites (tertiary alicyclic amines) is 1. The van der Waals surface area contributed by atoms with Crippen LogP contribution in [0, 0.1) is 5.92 Å². The smallest absolute Gasteiger partial charge is 0.310 e. The molecule has 1 unspecified atom stereocenters. The first-order chi connectivity index (χ1) is 10.2. The van der Waals surface area contributed by atoms with Crippen molar-refractivity contribution in [1.82, 2.24) is 4.90 Å². The van der Waals surface area contributed by atoms with Gasteiger partial charge in [-0.3, -0.25) is 9.59 Å². The van der Waals surface area contributed by atoms with Crippen molar-refractivity contribution >= 4 is 18.0 Å². The quantitative estimate of drug-likeness (QED) is 0.631. The van der Waals surface area contributed by atoms with Crippen LogP contribution in [-0.2, 0) is 14.3 Å². The average molecular weight is 287 g/mol. The summed E-state index contributed by atoms with van der Waals surface area (Å²) in [6, 6.07) is 9.69. The largest absolute Gasteiger partial charge is 0.466 e. The number of hydrogen-bond donors (Lipinski definition) is 0. The van der Waals surface area contributed by atoms with Crippen molar-refractivity contribution in [2.45, 2.75) is 19.8 Å². The molecule has 4 heteroatoms. The van der Waals surface area contributed by atoms with E-state index in [1.165, 1.54) is 0 Å². The number of nitrogens with zero attached hydrogens (tertiary/aromatic N) is 1. The Bertz CT molecular complexity index is 510. The SMILES string of the molecule is CCOC(=O)C1CCCN(C(=O)C=Cc2ccccc2)C1. The summed E-state index contributed by atoms with van der Waals surface area (Å²) in [6.45, 7) is 3.34. The zero-order valence-electron chi connectivity index (χ0n) is 12.3. The maximum absolute atomic E-state index is 12.2. The highest BCUT2D eigenvalue weighted by Crippen LogP contribution is 2.18. The molecule has 1 aromatic rings. The third-order valence-electron chi connectivity index (χ3n) is 3.57. The molecule has 1 aliphatic heterocycles. The van der Waals surface area contributed by atoms with Gasteiger partial charge in [0.2, 0.25) is 5.91 Å². The van der Waals surface area contributed by atoms with Gasteiger partial charge in [0.25, 0.3) is 0 Å². The van der Waals surface area contributed by atoms with Gasteiger partial charge in [0.15, 0.2) is 0 Å². The molecule has 1 amide bonds. The van der Waals surface area contributed by atoms with Gasteiger partial charge in [-0.05, 0) is 31.4 Å². The topological polar surface area (TPSA) is 46.6 Å². The first-order valence-electron chi connectivity index (χ1n) is 7.39. The number of carbonyl (C=O) groups excluding carboxylic acids is 2. The summed E-state index contributed by atoms with van der Waals surface area (Å²) in [5.41, 5.74) is 0.991. The van der Waals surface area contributed by atoms with E-state index in [1.807, 2.05) is 30.3 Å². The highest BCUT2D eigenvalue weighted by atomic mass is 16.5. The Morgan fingerprint density at radius 3 is 2.81 bits per heavy atom. The number of esters is 1. The van der Waals surface area contributed by atoms with Crippen LogP contribution < -0.4 is 0 Å². The third-order valence-corrected chi connectivity index (χ3v) is 3.57. The predicted molar refractivity (Wildman–Crippen MR) is 81.4 cm³/mol. The number of amides is 1. The highest BCUT2D eigenvalue weighted by Gasteiger charge is 2.28. The number of hydrogen-bond acceptors (Lipinski definition) is 3. The summed E-state index contributed by atoms with van der Waals surface area (Å²) < 4.78 is 5.04. The minimum atomic E-state index is -0.193. The van der Waals surface area contributed by atoms with Crippen LogP contribution in [0.2, 0.25) is 0 Å². The fourth-order valence-corrected chi connectivity index (χ4v) is 2.47. The van der Waals surface area contributed by atoms with Crippen molar-refractivity contribution in [3.05, 3.63) is 42.0 Å². The third kappa shape index (κ3) is 4.45. The summed E-state index contributed by atoms with van der Waals surface area (Å²) in [7, 11) is 0. The van der Waals surface area contributed by atoms with E-state index in [0.29, 0.717) is 19.7 Å². The lowest BCUT2D eigenvalue weighted by Gasteiger charge is -2.30. The minimum Gasteiger partial charge on any atom is -0.466 e. The van der Waals surface area contributed by atoms with Gasteiger partial charge in [-0.2, -0.15) is 0 Å². The van der Waals surface area contributed by atoms with Gasteiger partial charge in [0.05, 0.1) is 12.5 Å². The van der Waals surface area contributed by atoms with E-state index < -0.39 is 0 Å². The zero-order valence-corrected chi connectivity index (χ0v) is 12.3. The standard InChI is InChI=1S/C17H21NO3/c1-2-21-17(20)15-9-6-12-18(13-15)16(19)11-10-14-7-4-3-5-8-14/h3-5,7-8,10-11,15H,2,6,9,12-13H2,1H3. The molecule has 1 fully saturated rings. The van der Waals surface area contributed by atoms with E-state index in [9.17, 15) is 9.59 Å². The molecule has 1 aromatic carbocycles. The molecule has 2 rings (SSSR count). The van der Waals surface area contributed by atoms with Crippen molar-refractivity contribution < 1.29 is 14.3 Å².